The van der Waals surface area contributed by atoms with Crippen LogP contribution in [-0.2, 0) is 6.42 Å². The van der Waals surface area contributed by atoms with Gasteiger partial charge in [0.2, 0.25) is 0 Å². The lowest BCUT2D eigenvalue weighted by atomic mass is 10.2. The number of aryl methyl sites for hydroxylation is 1. The third kappa shape index (κ3) is 2.63. The van der Waals surface area contributed by atoms with Crippen LogP contribution in [0.4, 0.5) is 0 Å². The van der Waals surface area contributed by atoms with E-state index in [2.05, 4.69) is 17.1 Å². The van der Waals surface area contributed by atoms with Crippen LogP contribution in [0.15, 0.2) is 36.5 Å². The Morgan fingerprint density at radius 2 is 2.00 bits per heavy atom. The van der Waals surface area contributed by atoms with Crippen LogP contribution in [0.5, 0.6) is 11.6 Å². The number of carboxylic acid groups (broad SMARTS) is 1. The molecule has 18 heavy (non-hydrogen) atoms. The van der Waals surface area contributed by atoms with Crippen LogP contribution in [0.1, 0.15) is 22.8 Å². The van der Waals surface area contributed by atoms with Crippen molar-refractivity contribution in [2.75, 3.05) is 0 Å². The van der Waals surface area contributed by atoms with Crippen molar-refractivity contribution in [3.05, 3.63) is 47.7 Å². The maximum Gasteiger partial charge on any atom is 0.341 e. The molecule has 0 spiro atoms. The largest absolute Gasteiger partial charge is 0.477 e. The van der Waals surface area contributed by atoms with Crippen molar-refractivity contribution in [1.29, 1.82) is 0 Å². The fraction of sp³-hybridized carbons (Fsp3) is 0.154. The highest BCUT2D eigenvalue weighted by molar-refractivity contribution is 5.90. The van der Waals surface area contributed by atoms with E-state index in [9.17, 15) is 4.79 Å². The fourth-order valence-electron chi connectivity index (χ4n) is 1.46. The van der Waals surface area contributed by atoms with Gasteiger partial charge in [-0.05, 0) is 30.2 Å². The lowest BCUT2D eigenvalue weighted by Gasteiger charge is -2.06. The highest BCUT2D eigenvalue weighted by Crippen LogP contribution is 2.22. The second kappa shape index (κ2) is 5.27. The number of rotatable bonds is 4. The molecule has 0 saturated carbocycles. The summed E-state index contributed by atoms with van der Waals surface area (Å²) in [6.45, 7) is 2.06. The van der Waals surface area contributed by atoms with Gasteiger partial charge in [-0.25, -0.2) is 4.79 Å². The Morgan fingerprint density at radius 3 is 2.61 bits per heavy atom. The van der Waals surface area contributed by atoms with Crippen molar-refractivity contribution >= 4 is 5.97 Å². The van der Waals surface area contributed by atoms with Gasteiger partial charge in [0.25, 0.3) is 5.88 Å². The number of aromatic nitrogens is 2. The summed E-state index contributed by atoms with van der Waals surface area (Å²) in [6.07, 6.45) is 2.25. The van der Waals surface area contributed by atoms with Gasteiger partial charge < -0.3 is 9.84 Å². The van der Waals surface area contributed by atoms with Crippen molar-refractivity contribution in [3.8, 4) is 11.6 Å². The van der Waals surface area contributed by atoms with Gasteiger partial charge in [0, 0.05) is 0 Å². The van der Waals surface area contributed by atoms with Crippen LogP contribution >= 0.6 is 0 Å². The average Bonchev–Trinajstić information content (AvgIpc) is 2.40. The molecule has 1 heterocycles. The summed E-state index contributed by atoms with van der Waals surface area (Å²) in [4.78, 5) is 11.0. The second-order valence-electron chi connectivity index (χ2n) is 3.65. The first-order chi connectivity index (χ1) is 8.70. The maximum atomic E-state index is 11.0. The standard InChI is InChI=1S/C13H12N2O3/c1-2-9-3-5-10(6-4-9)18-12-11(13(16)17)7-8-14-15-12/h3-8H,2H2,1H3,(H,16,17). The molecule has 0 atom stereocenters. The van der Waals surface area contributed by atoms with E-state index in [1.165, 1.54) is 17.8 Å². The van der Waals surface area contributed by atoms with Crippen LogP contribution < -0.4 is 4.74 Å². The molecule has 0 radical (unpaired) electrons. The molecule has 1 N–H and O–H groups in total. The zero-order chi connectivity index (χ0) is 13.0. The molecule has 0 saturated heterocycles. The minimum absolute atomic E-state index is 0.00533. The number of carboxylic acids is 1. The van der Waals surface area contributed by atoms with Crippen molar-refractivity contribution in [1.82, 2.24) is 10.2 Å². The molecular formula is C13H12N2O3. The maximum absolute atomic E-state index is 11.0. The zero-order valence-electron chi connectivity index (χ0n) is 9.83. The van der Waals surface area contributed by atoms with Gasteiger partial charge in [-0.2, -0.15) is 5.10 Å². The smallest absolute Gasteiger partial charge is 0.341 e. The van der Waals surface area contributed by atoms with Gasteiger partial charge in [0.1, 0.15) is 11.3 Å². The van der Waals surface area contributed by atoms with Crippen molar-refractivity contribution in [3.63, 3.8) is 0 Å². The molecule has 0 aliphatic rings. The van der Waals surface area contributed by atoms with E-state index in [1.54, 1.807) is 12.1 Å². The van der Waals surface area contributed by atoms with Crippen molar-refractivity contribution in [2.24, 2.45) is 0 Å². The predicted octanol–water partition coefficient (Wildman–Crippen LogP) is 2.53. The topological polar surface area (TPSA) is 72.3 Å². The summed E-state index contributed by atoms with van der Waals surface area (Å²) in [7, 11) is 0. The molecule has 0 bridgehead atoms. The Hall–Kier alpha value is -2.43. The summed E-state index contributed by atoms with van der Waals surface area (Å²) < 4.78 is 5.42. The predicted molar refractivity (Wildman–Crippen MR) is 64.9 cm³/mol. The third-order valence-corrected chi connectivity index (χ3v) is 2.46. The van der Waals surface area contributed by atoms with E-state index < -0.39 is 5.97 Å². The molecule has 0 fully saturated rings. The first-order valence-electron chi connectivity index (χ1n) is 5.52. The van der Waals surface area contributed by atoms with Gasteiger partial charge >= 0.3 is 5.97 Å². The first kappa shape index (κ1) is 12.0. The van der Waals surface area contributed by atoms with E-state index in [0.717, 1.165) is 6.42 Å². The molecule has 0 aliphatic carbocycles. The summed E-state index contributed by atoms with van der Waals surface area (Å²) >= 11 is 0. The van der Waals surface area contributed by atoms with Gasteiger partial charge in [-0.3, -0.25) is 0 Å². The van der Waals surface area contributed by atoms with Gasteiger partial charge in [-0.15, -0.1) is 5.10 Å². The zero-order valence-corrected chi connectivity index (χ0v) is 9.83. The minimum Gasteiger partial charge on any atom is -0.477 e. The number of nitrogens with zero attached hydrogens (tertiary/aromatic N) is 2. The normalized spacial score (nSPS) is 10.1. The lowest BCUT2D eigenvalue weighted by molar-refractivity contribution is 0.0693. The van der Waals surface area contributed by atoms with Crippen LogP contribution in [-0.4, -0.2) is 21.3 Å². The Morgan fingerprint density at radius 1 is 1.28 bits per heavy atom. The molecule has 2 aromatic rings. The Labute approximate surface area is 104 Å². The third-order valence-electron chi connectivity index (χ3n) is 2.46. The number of benzene rings is 1. The summed E-state index contributed by atoms with van der Waals surface area (Å²) in [5.41, 5.74) is 1.17. The Balaban J connectivity index is 2.25. The number of hydrogen-bond donors (Lipinski definition) is 1. The highest BCUT2D eigenvalue weighted by Gasteiger charge is 2.13. The number of hydrogen-bond acceptors (Lipinski definition) is 4. The van der Waals surface area contributed by atoms with Crippen molar-refractivity contribution in [2.45, 2.75) is 13.3 Å². The molecule has 1 aromatic carbocycles. The summed E-state index contributed by atoms with van der Waals surface area (Å²) in [6, 6.07) is 8.75. The molecule has 5 heteroatoms. The fourth-order valence-corrected chi connectivity index (χ4v) is 1.46. The summed E-state index contributed by atoms with van der Waals surface area (Å²) in [5, 5.41) is 16.3. The molecule has 1 aromatic heterocycles. The molecule has 0 amide bonds. The first-order valence-corrected chi connectivity index (χ1v) is 5.52. The van der Waals surface area contributed by atoms with E-state index in [0.29, 0.717) is 5.75 Å². The van der Waals surface area contributed by atoms with Crippen LogP contribution in [0, 0.1) is 0 Å². The molecule has 2 rings (SSSR count). The average molecular weight is 244 g/mol. The SMILES string of the molecule is CCc1ccc(Oc2nnccc2C(=O)O)cc1. The van der Waals surface area contributed by atoms with Crippen LogP contribution in [0.2, 0.25) is 0 Å². The van der Waals surface area contributed by atoms with E-state index in [-0.39, 0.29) is 11.4 Å². The molecule has 5 nitrogen and oxygen atoms in total. The van der Waals surface area contributed by atoms with Gasteiger partial charge in [0.15, 0.2) is 0 Å². The lowest BCUT2D eigenvalue weighted by Crippen LogP contribution is -2.02. The van der Waals surface area contributed by atoms with Crippen LogP contribution in [0.3, 0.4) is 0 Å². The quantitative estimate of drug-likeness (QED) is 0.894. The number of aromatic carboxylic acids is 1. The number of carbonyl (C=O) groups is 1. The van der Waals surface area contributed by atoms with Gasteiger partial charge in [0.05, 0.1) is 6.20 Å². The number of ether oxygens (including phenoxy) is 1. The molecule has 0 aliphatic heterocycles. The molecule has 92 valence electrons. The minimum atomic E-state index is -1.09. The van der Waals surface area contributed by atoms with E-state index in [1.807, 2.05) is 12.1 Å². The highest BCUT2D eigenvalue weighted by atomic mass is 16.5. The summed E-state index contributed by atoms with van der Waals surface area (Å²) in [5.74, 6) is -0.561. The Kier molecular flexibility index (Phi) is 3.52. The molecular weight excluding hydrogens is 232 g/mol. The van der Waals surface area contributed by atoms with Gasteiger partial charge in [-0.1, -0.05) is 19.1 Å². The van der Waals surface area contributed by atoms with E-state index >= 15 is 0 Å². The Bertz CT molecular complexity index is 552. The molecule has 0 unspecified atom stereocenters. The van der Waals surface area contributed by atoms with Crippen LogP contribution in [0.25, 0.3) is 0 Å². The second-order valence-corrected chi connectivity index (χ2v) is 3.65. The van der Waals surface area contributed by atoms with Crippen molar-refractivity contribution < 1.29 is 14.6 Å². The van der Waals surface area contributed by atoms with E-state index in [4.69, 9.17) is 9.84 Å². The monoisotopic (exact) mass is 244 g/mol.